The zero-order chi connectivity index (χ0) is 15.0. The van der Waals surface area contributed by atoms with Gasteiger partial charge in [-0.2, -0.15) is 5.10 Å². The number of rotatable bonds is 3. The number of Topliss-reactive ketones (excluding diaryl/α,β-unsaturated/α-hetero) is 1. The summed E-state index contributed by atoms with van der Waals surface area (Å²) in [7, 11) is 1.85. The zero-order valence-electron chi connectivity index (χ0n) is 11.7. The molecular weight excluding hydrogens is 269 g/mol. The summed E-state index contributed by atoms with van der Waals surface area (Å²) in [5.74, 6) is -0.495. The highest BCUT2D eigenvalue weighted by atomic mass is 19.1. The number of carbonyl (C=O) groups is 1. The van der Waals surface area contributed by atoms with Crippen molar-refractivity contribution in [3.8, 4) is 0 Å². The summed E-state index contributed by atoms with van der Waals surface area (Å²) in [4.78, 5) is 11.4. The molecular formula is C16H14FN3O. The maximum absolute atomic E-state index is 13.9. The standard InChI is InChI=1S/C16H14FN3O/c1-10(21)11-4-6-14(17)15(7-11)19-13-5-3-12-9-18-20(2)16(12)8-13/h3-9,19H,1-2H3. The monoisotopic (exact) mass is 283 g/mol. The molecule has 0 aliphatic heterocycles. The number of nitrogens with zero attached hydrogens (tertiary/aromatic N) is 2. The first-order valence-electron chi connectivity index (χ1n) is 6.54. The Labute approximate surface area is 121 Å². The Morgan fingerprint density at radius 3 is 2.81 bits per heavy atom. The van der Waals surface area contributed by atoms with E-state index in [-0.39, 0.29) is 11.5 Å². The first kappa shape index (κ1) is 13.3. The Morgan fingerprint density at radius 1 is 1.24 bits per heavy atom. The molecule has 2 aromatic carbocycles. The Hall–Kier alpha value is -2.69. The van der Waals surface area contributed by atoms with Crippen molar-refractivity contribution in [2.75, 3.05) is 5.32 Å². The van der Waals surface area contributed by atoms with Crippen molar-refractivity contribution < 1.29 is 9.18 Å². The molecule has 0 aliphatic carbocycles. The molecule has 106 valence electrons. The van der Waals surface area contributed by atoms with Crippen LogP contribution in [0.3, 0.4) is 0 Å². The van der Waals surface area contributed by atoms with Gasteiger partial charge < -0.3 is 5.32 Å². The average molecular weight is 283 g/mol. The lowest BCUT2D eigenvalue weighted by Crippen LogP contribution is -1.98. The maximum atomic E-state index is 13.9. The second-order valence-corrected chi connectivity index (χ2v) is 4.92. The quantitative estimate of drug-likeness (QED) is 0.746. The van der Waals surface area contributed by atoms with Crippen molar-refractivity contribution in [2.24, 2.45) is 7.05 Å². The summed E-state index contributed by atoms with van der Waals surface area (Å²) in [6.45, 7) is 1.46. The molecule has 0 unspecified atom stereocenters. The average Bonchev–Trinajstić information content (AvgIpc) is 2.82. The molecule has 3 aromatic rings. The van der Waals surface area contributed by atoms with E-state index in [4.69, 9.17) is 0 Å². The second kappa shape index (κ2) is 5.01. The van der Waals surface area contributed by atoms with Gasteiger partial charge in [0.05, 0.1) is 17.4 Å². The van der Waals surface area contributed by atoms with E-state index in [1.54, 1.807) is 10.9 Å². The molecule has 21 heavy (non-hydrogen) atoms. The Balaban J connectivity index is 1.99. The summed E-state index contributed by atoms with van der Waals surface area (Å²) < 4.78 is 15.6. The van der Waals surface area contributed by atoms with Crippen LogP contribution in [0, 0.1) is 5.82 Å². The zero-order valence-corrected chi connectivity index (χ0v) is 11.7. The highest BCUT2D eigenvalue weighted by Gasteiger charge is 2.08. The Bertz CT molecular complexity index is 839. The SMILES string of the molecule is CC(=O)c1ccc(F)c(Nc2ccc3cnn(C)c3c2)c1. The van der Waals surface area contributed by atoms with E-state index in [1.165, 1.54) is 25.1 Å². The Morgan fingerprint density at radius 2 is 2.05 bits per heavy atom. The molecule has 0 atom stereocenters. The molecule has 0 radical (unpaired) electrons. The number of fused-ring (bicyclic) bond motifs is 1. The van der Waals surface area contributed by atoms with Gasteiger partial charge in [0.15, 0.2) is 5.78 Å². The van der Waals surface area contributed by atoms with E-state index in [2.05, 4.69) is 10.4 Å². The number of hydrogen-bond donors (Lipinski definition) is 1. The van der Waals surface area contributed by atoms with Crippen LogP contribution >= 0.6 is 0 Å². The Kier molecular flexibility index (Phi) is 3.17. The van der Waals surface area contributed by atoms with E-state index in [0.29, 0.717) is 5.56 Å². The van der Waals surface area contributed by atoms with Gasteiger partial charge in [0, 0.05) is 23.7 Å². The number of anilines is 2. The fourth-order valence-corrected chi connectivity index (χ4v) is 2.22. The van der Waals surface area contributed by atoms with Crippen LogP contribution in [0.1, 0.15) is 17.3 Å². The summed E-state index contributed by atoms with van der Waals surface area (Å²) in [5, 5.41) is 8.19. The van der Waals surface area contributed by atoms with Crippen molar-refractivity contribution in [2.45, 2.75) is 6.92 Å². The highest BCUT2D eigenvalue weighted by molar-refractivity contribution is 5.95. The van der Waals surface area contributed by atoms with Crippen LogP contribution in [0.2, 0.25) is 0 Å². The van der Waals surface area contributed by atoms with Crippen molar-refractivity contribution >= 4 is 28.1 Å². The fraction of sp³-hybridized carbons (Fsp3) is 0.125. The second-order valence-electron chi connectivity index (χ2n) is 4.92. The van der Waals surface area contributed by atoms with Gasteiger partial charge >= 0.3 is 0 Å². The molecule has 0 spiro atoms. The van der Waals surface area contributed by atoms with E-state index in [1.807, 2.05) is 25.2 Å². The summed E-state index contributed by atoms with van der Waals surface area (Å²) in [6.07, 6.45) is 1.77. The highest BCUT2D eigenvalue weighted by Crippen LogP contribution is 2.24. The minimum absolute atomic E-state index is 0.0971. The van der Waals surface area contributed by atoms with Gasteiger partial charge in [-0.15, -0.1) is 0 Å². The number of carbonyl (C=O) groups excluding carboxylic acids is 1. The smallest absolute Gasteiger partial charge is 0.159 e. The number of hydrogen-bond acceptors (Lipinski definition) is 3. The number of nitrogens with one attached hydrogen (secondary N) is 1. The lowest BCUT2D eigenvalue weighted by Gasteiger charge is -2.09. The summed E-state index contributed by atoms with van der Waals surface area (Å²) >= 11 is 0. The number of aryl methyl sites for hydroxylation is 1. The molecule has 1 N–H and O–H groups in total. The number of benzene rings is 2. The molecule has 0 fully saturated rings. The normalized spacial score (nSPS) is 10.8. The molecule has 0 saturated heterocycles. The van der Waals surface area contributed by atoms with Crippen molar-refractivity contribution in [3.05, 3.63) is 54.0 Å². The molecule has 0 saturated carbocycles. The third kappa shape index (κ3) is 2.50. The van der Waals surface area contributed by atoms with Gasteiger partial charge in [-0.25, -0.2) is 4.39 Å². The van der Waals surface area contributed by atoms with Gasteiger partial charge in [0.2, 0.25) is 0 Å². The number of aromatic nitrogens is 2. The van der Waals surface area contributed by atoms with E-state index >= 15 is 0 Å². The molecule has 3 rings (SSSR count). The van der Waals surface area contributed by atoms with Crippen LogP contribution in [-0.4, -0.2) is 15.6 Å². The fourth-order valence-electron chi connectivity index (χ4n) is 2.22. The summed E-state index contributed by atoms with van der Waals surface area (Å²) in [6, 6.07) is 9.95. The van der Waals surface area contributed by atoms with Crippen molar-refractivity contribution in [1.29, 1.82) is 0 Å². The molecule has 4 nitrogen and oxygen atoms in total. The third-order valence-electron chi connectivity index (χ3n) is 3.40. The van der Waals surface area contributed by atoms with E-state index < -0.39 is 5.82 Å². The molecule has 1 heterocycles. The predicted molar refractivity (Wildman–Crippen MR) is 80.4 cm³/mol. The van der Waals surface area contributed by atoms with Crippen LogP contribution in [-0.2, 0) is 7.05 Å². The minimum Gasteiger partial charge on any atom is -0.353 e. The first-order valence-corrected chi connectivity index (χ1v) is 6.54. The first-order chi connectivity index (χ1) is 10.0. The van der Waals surface area contributed by atoms with Gasteiger partial charge in [0.25, 0.3) is 0 Å². The van der Waals surface area contributed by atoms with Gasteiger partial charge in [-0.3, -0.25) is 9.48 Å². The van der Waals surface area contributed by atoms with Crippen LogP contribution in [0.4, 0.5) is 15.8 Å². The van der Waals surface area contributed by atoms with Gasteiger partial charge in [0.1, 0.15) is 5.82 Å². The number of halogens is 1. The van der Waals surface area contributed by atoms with Crippen LogP contribution in [0.25, 0.3) is 10.9 Å². The molecule has 5 heteroatoms. The lowest BCUT2D eigenvalue weighted by atomic mass is 10.1. The predicted octanol–water partition coefficient (Wildman–Crippen LogP) is 3.66. The van der Waals surface area contributed by atoms with E-state index in [9.17, 15) is 9.18 Å². The topological polar surface area (TPSA) is 46.9 Å². The van der Waals surface area contributed by atoms with Crippen LogP contribution in [0.5, 0.6) is 0 Å². The maximum Gasteiger partial charge on any atom is 0.159 e. The van der Waals surface area contributed by atoms with E-state index in [0.717, 1.165) is 16.6 Å². The molecule has 1 aromatic heterocycles. The van der Waals surface area contributed by atoms with Crippen LogP contribution < -0.4 is 5.32 Å². The molecule has 0 bridgehead atoms. The third-order valence-corrected chi connectivity index (χ3v) is 3.40. The molecule has 0 amide bonds. The number of ketones is 1. The van der Waals surface area contributed by atoms with Crippen LogP contribution in [0.15, 0.2) is 42.6 Å². The lowest BCUT2D eigenvalue weighted by molar-refractivity contribution is 0.101. The largest absolute Gasteiger partial charge is 0.353 e. The molecule has 0 aliphatic rings. The van der Waals surface area contributed by atoms with Gasteiger partial charge in [-0.1, -0.05) is 0 Å². The summed E-state index contributed by atoms with van der Waals surface area (Å²) in [5.41, 5.74) is 2.44. The van der Waals surface area contributed by atoms with Gasteiger partial charge in [-0.05, 0) is 43.3 Å². The van der Waals surface area contributed by atoms with Crippen molar-refractivity contribution in [1.82, 2.24) is 9.78 Å². The minimum atomic E-state index is -0.398. The van der Waals surface area contributed by atoms with Crippen molar-refractivity contribution in [3.63, 3.8) is 0 Å².